The van der Waals surface area contributed by atoms with Crippen molar-refractivity contribution in [3.63, 3.8) is 0 Å². The van der Waals surface area contributed by atoms with E-state index in [4.69, 9.17) is 21.7 Å². The van der Waals surface area contributed by atoms with E-state index in [2.05, 4.69) is 0 Å². The average Bonchev–Trinajstić information content (AvgIpc) is 2.40. The molecule has 2 rings (SSSR count). The van der Waals surface area contributed by atoms with E-state index >= 15 is 0 Å². The minimum absolute atomic E-state index is 0. The quantitative estimate of drug-likeness (QED) is 0.329. The summed E-state index contributed by atoms with van der Waals surface area (Å²) >= 11 is 0. The first kappa shape index (κ1) is 33.8. The van der Waals surface area contributed by atoms with Gasteiger partial charge in [-0.05, 0) is 48.5 Å². The molecule has 25 heavy (non-hydrogen) atoms. The van der Waals surface area contributed by atoms with Crippen LogP contribution in [0.5, 0.6) is 0 Å². The summed E-state index contributed by atoms with van der Waals surface area (Å²) in [5.74, 6) is -1.86. The third kappa shape index (κ3) is 12.4. The van der Waals surface area contributed by atoms with E-state index in [1.165, 1.54) is 24.3 Å². The number of rotatable bonds is 2. The molecule has 0 saturated carbocycles. The average molecular weight is 409 g/mol. The summed E-state index contributed by atoms with van der Waals surface area (Å²) in [6, 6.07) is 12.1. The SMILES string of the molecule is Nc1ccc(C(=O)O)cc1.Nc1ccc(C(=O)O)cc1.[Co].[OH3+].[OH3+].[OH3+].[OH3+]. The van der Waals surface area contributed by atoms with Crippen LogP contribution in [0, 0.1) is 0 Å². The number of nitrogen functional groups attached to an aromatic ring is 2. The number of hydrogen-bond acceptors (Lipinski definition) is 4. The van der Waals surface area contributed by atoms with E-state index in [1.807, 2.05) is 0 Å². The first-order valence-electron chi connectivity index (χ1n) is 5.58. The second kappa shape index (κ2) is 16.2. The maximum atomic E-state index is 10.3. The smallest absolute Gasteiger partial charge is 0.335 e. The molecule has 10 nitrogen and oxygen atoms in total. The number of hydrogen-bond donors (Lipinski definition) is 4. The Balaban J connectivity index is -0.0000000889. The summed E-state index contributed by atoms with van der Waals surface area (Å²) in [4.78, 5) is 20.5. The van der Waals surface area contributed by atoms with Crippen LogP contribution in [0.3, 0.4) is 0 Å². The predicted octanol–water partition coefficient (Wildman–Crippen LogP) is -1.76. The fraction of sp³-hybridized carbons (Fsp3) is 0. The number of benzene rings is 2. The number of nitrogens with two attached hydrogens (primary N) is 2. The van der Waals surface area contributed by atoms with Crippen LogP contribution in [0.15, 0.2) is 48.5 Å². The van der Waals surface area contributed by atoms with Gasteiger partial charge in [0.15, 0.2) is 0 Å². The molecule has 0 aliphatic rings. The molecule has 0 heterocycles. The van der Waals surface area contributed by atoms with E-state index in [1.54, 1.807) is 24.3 Å². The van der Waals surface area contributed by atoms with E-state index in [0.29, 0.717) is 11.4 Å². The minimum Gasteiger partial charge on any atom is -0.478 e. The van der Waals surface area contributed by atoms with Gasteiger partial charge in [0.1, 0.15) is 0 Å². The molecule has 1 radical (unpaired) electrons. The molecule has 0 atom stereocenters. The second-order valence-electron chi connectivity index (χ2n) is 3.85. The monoisotopic (exact) mass is 409 g/mol. The van der Waals surface area contributed by atoms with Crippen LogP contribution in [-0.2, 0) is 38.7 Å². The van der Waals surface area contributed by atoms with Crippen molar-refractivity contribution in [3.8, 4) is 0 Å². The molecule has 0 saturated heterocycles. The molecular formula is C14H26CoN2O8+4. The minimum atomic E-state index is -0.931. The van der Waals surface area contributed by atoms with Crippen LogP contribution in [0.25, 0.3) is 0 Å². The Morgan fingerprint density at radius 2 is 0.800 bits per heavy atom. The number of anilines is 2. The van der Waals surface area contributed by atoms with Gasteiger partial charge in [-0.1, -0.05) is 0 Å². The van der Waals surface area contributed by atoms with Crippen molar-refractivity contribution in [1.29, 1.82) is 0 Å². The molecule has 18 N–H and O–H groups in total. The van der Waals surface area contributed by atoms with E-state index < -0.39 is 11.9 Å². The van der Waals surface area contributed by atoms with Gasteiger partial charge in [-0.15, -0.1) is 0 Å². The Kier molecular flexibility index (Phi) is 21.9. The van der Waals surface area contributed by atoms with Gasteiger partial charge in [0.25, 0.3) is 0 Å². The number of carbonyl (C=O) groups is 2. The molecule has 0 fully saturated rings. The maximum Gasteiger partial charge on any atom is 0.335 e. The molecule has 0 bridgehead atoms. The molecule has 0 aromatic heterocycles. The van der Waals surface area contributed by atoms with Gasteiger partial charge >= 0.3 is 11.9 Å². The topological polar surface area (TPSA) is 259 Å². The number of carboxylic acid groups (broad SMARTS) is 2. The number of carboxylic acids is 2. The first-order valence-corrected chi connectivity index (χ1v) is 5.58. The van der Waals surface area contributed by atoms with Crippen molar-refractivity contribution in [2.24, 2.45) is 0 Å². The zero-order valence-corrected chi connectivity index (χ0v) is 14.2. The Hall–Kier alpha value is -2.67. The molecule has 11 heteroatoms. The third-order valence-corrected chi connectivity index (χ3v) is 2.32. The molecule has 2 aromatic rings. The zero-order valence-electron chi connectivity index (χ0n) is 13.1. The summed E-state index contributed by atoms with van der Waals surface area (Å²) in [7, 11) is 0. The summed E-state index contributed by atoms with van der Waals surface area (Å²) in [6.45, 7) is 0. The van der Waals surface area contributed by atoms with E-state index in [9.17, 15) is 9.59 Å². The molecule has 0 aliphatic carbocycles. The van der Waals surface area contributed by atoms with Crippen LogP contribution >= 0.6 is 0 Å². The standard InChI is InChI=1S/2C7H7NO2.Co.4H2O/c2*8-6-3-1-5(2-4-6)7(9)10;;;;;/h2*1-4H,8H2,(H,9,10);;4*1H2/p+4. The predicted molar refractivity (Wildman–Crippen MR) is 95.1 cm³/mol. The van der Waals surface area contributed by atoms with Crippen LogP contribution < -0.4 is 11.5 Å². The normalized spacial score (nSPS) is 7.36. The van der Waals surface area contributed by atoms with Gasteiger partial charge in [-0.25, -0.2) is 9.59 Å². The zero-order chi connectivity index (χ0) is 15.1. The van der Waals surface area contributed by atoms with Crippen LogP contribution in [-0.4, -0.2) is 22.2 Å². The molecular weight excluding hydrogens is 383 g/mol. The Labute approximate surface area is 153 Å². The van der Waals surface area contributed by atoms with E-state index in [0.717, 1.165) is 0 Å². The molecule has 0 aliphatic heterocycles. The second-order valence-corrected chi connectivity index (χ2v) is 3.85. The molecule has 0 spiro atoms. The van der Waals surface area contributed by atoms with Crippen molar-refractivity contribution in [1.82, 2.24) is 0 Å². The molecule has 2 aromatic carbocycles. The van der Waals surface area contributed by atoms with Crippen molar-refractivity contribution in [3.05, 3.63) is 59.7 Å². The first-order chi connectivity index (χ1) is 9.40. The Bertz CT molecular complexity index is 550. The van der Waals surface area contributed by atoms with Crippen molar-refractivity contribution < 1.29 is 58.5 Å². The van der Waals surface area contributed by atoms with Crippen molar-refractivity contribution in [2.45, 2.75) is 0 Å². The summed E-state index contributed by atoms with van der Waals surface area (Å²) in [5, 5.41) is 16.9. The summed E-state index contributed by atoms with van der Waals surface area (Å²) in [6.07, 6.45) is 0. The fourth-order valence-corrected chi connectivity index (χ4v) is 1.25. The van der Waals surface area contributed by atoms with Crippen molar-refractivity contribution >= 4 is 23.3 Å². The largest absolute Gasteiger partial charge is 0.478 e. The third-order valence-electron chi connectivity index (χ3n) is 2.32. The van der Waals surface area contributed by atoms with Gasteiger partial charge in [0, 0.05) is 28.2 Å². The van der Waals surface area contributed by atoms with Gasteiger partial charge in [0.05, 0.1) is 11.1 Å². The van der Waals surface area contributed by atoms with Crippen LogP contribution in [0.1, 0.15) is 20.7 Å². The van der Waals surface area contributed by atoms with Gasteiger partial charge in [0.2, 0.25) is 0 Å². The van der Waals surface area contributed by atoms with Crippen molar-refractivity contribution in [2.75, 3.05) is 11.5 Å². The van der Waals surface area contributed by atoms with E-state index in [-0.39, 0.29) is 49.8 Å². The van der Waals surface area contributed by atoms with Crippen LogP contribution in [0.2, 0.25) is 0 Å². The summed E-state index contributed by atoms with van der Waals surface area (Å²) < 4.78 is 0. The van der Waals surface area contributed by atoms with Gasteiger partial charge in [-0.3, -0.25) is 0 Å². The van der Waals surface area contributed by atoms with Gasteiger partial charge in [-0.2, -0.15) is 0 Å². The Morgan fingerprint density at radius 3 is 0.960 bits per heavy atom. The summed E-state index contributed by atoms with van der Waals surface area (Å²) in [5.41, 5.74) is 12.3. The maximum absolute atomic E-state index is 10.3. The molecule has 145 valence electrons. The number of aromatic carboxylic acids is 2. The van der Waals surface area contributed by atoms with Gasteiger partial charge < -0.3 is 43.6 Å². The Morgan fingerprint density at radius 1 is 0.600 bits per heavy atom. The fourth-order valence-electron chi connectivity index (χ4n) is 1.25. The van der Waals surface area contributed by atoms with Crippen LogP contribution in [0.4, 0.5) is 11.4 Å². The molecule has 0 unspecified atom stereocenters. The molecule has 0 amide bonds.